The van der Waals surface area contributed by atoms with Gasteiger partial charge in [-0.3, -0.25) is 19.7 Å². The van der Waals surface area contributed by atoms with Crippen molar-refractivity contribution in [2.75, 3.05) is 26.2 Å². The number of hydrogen-bond donors (Lipinski definition) is 2. The number of rotatable bonds is 3. The molecule has 2 fully saturated rings. The lowest BCUT2D eigenvalue weighted by molar-refractivity contribution is -0.193. The van der Waals surface area contributed by atoms with Crippen LogP contribution in [0.4, 0.5) is 26.3 Å². The Morgan fingerprint density at radius 2 is 1.35 bits per heavy atom. The number of fused-ring (bicyclic) bond motifs is 1. The van der Waals surface area contributed by atoms with Gasteiger partial charge in [0.15, 0.2) is 0 Å². The summed E-state index contributed by atoms with van der Waals surface area (Å²) in [5, 5.41) is 14.2. The van der Waals surface area contributed by atoms with Crippen molar-refractivity contribution in [2.45, 2.75) is 18.9 Å². The number of hydrogen-bond acceptors (Lipinski definition) is 7. The fourth-order valence-electron chi connectivity index (χ4n) is 3.71. The molecule has 0 bridgehead atoms. The van der Waals surface area contributed by atoms with Crippen molar-refractivity contribution in [3.05, 3.63) is 54.4 Å². The summed E-state index contributed by atoms with van der Waals surface area (Å²) in [6.45, 7) is 4.68. The van der Waals surface area contributed by atoms with Gasteiger partial charge < -0.3 is 15.1 Å². The van der Waals surface area contributed by atoms with Crippen molar-refractivity contribution in [2.24, 2.45) is 11.8 Å². The summed E-state index contributed by atoms with van der Waals surface area (Å²) < 4.78 is 63.5. The molecule has 4 heterocycles. The minimum atomic E-state index is -5.08. The summed E-state index contributed by atoms with van der Waals surface area (Å²) in [7, 11) is 0. The number of carboxylic acid groups (broad SMARTS) is 2. The normalized spacial score (nSPS) is 19.1. The van der Waals surface area contributed by atoms with Crippen molar-refractivity contribution < 1.29 is 50.9 Å². The third-order valence-corrected chi connectivity index (χ3v) is 5.25. The highest BCUT2D eigenvalue weighted by atomic mass is 19.4. The first-order valence-electron chi connectivity index (χ1n) is 10.4. The first kappa shape index (κ1) is 29.4. The van der Waals surface area contributed by atoms with Crippen LogP contribution in [0.1, 0.15) is 16.1 Å². The molecular weight excluding hydrogens is 516 g/mol. The van der Waals surface area contributed by atoms with Gasteiger partial charge in [-0.15, -0.1) is 0 Å². The summed E-state index contributed by atoms with van der Waals surface area (Å²) in [5.74, 6) is -4.38. The second-order valence-corrected chi connectivity index (χ2v) is 7.98. The van der Waals surface area contributed by atoms with Crippen LogP contribution in [0, 0.1) is 11.8 Å². The zero-order valence-corrected chi connectivity index (χ0v) is 18.9. The lowest BCUT2D eigenvalue weighted by atomic mass is 10.0. The van der Waals surface area contributed by atoms with E-state index in [4.69, 9.17) is 19.8 Å². The second-order valence-electron chi connectivity index (χ2n) is 7.98. The molecule has 2 aromatic heterocycles. The Bertz CT molecular complexity index is 1020. The predicted octanol–water partition coefficient (Wildman–Crippen LogP) is 2.34. The van der Waals surface area contributed by atoms with Crippen LogP contribution in [0.3, 0.4) is 0 Å². The number of alkyl halides is 6. The molecule has 37 heavy (non-hydrogen) atoms. The summed E-state index contributed by atoms with van der Waals surface area (Å²) >= 11 is 0. The van der Waals surface area contributed by atoms with Gasteiger partial charge in [0.1, 0.15) is 5.69 Å². The molecule has 0 spiro atoms. The van der Waals surface area contributed by atoms with Gasteiger partial charge >= 0.3 is 24.3 Å². The fraction of sp³-hybridized carbons (Fsp3) is 0.429. The molecule has 0 aromatic carbocycles. The molecule has 0 aliphatic carbocycles. The van der Waals surface area contributed by atoms with Crippen LogP contribution in [-0.4, -0.2) is 91.3 Å². The summed E-state index contributed by atoms with van der Waals surface area (Å²) in [6, 6.07) is 4.10. The first-order chi connectivity index (χ1) is 17.2. The van der Waals surface area contributed by atoms with Crippen LogP contribution < -0.4 is 0 Å². The number of amides is 1. The smallest absolute Gasteiger partial charge is 0.475 e. The van der Waals surface area contributed by atoms with E-state index in [0.717, 1.165) is 32.7 Å². The first-order valence-corrected chi connectivity index (χ1v) is 10.4. The number of likely N-dealkylation sites (tertiary alicyclic amines) is 2. The van der Waals surface area contributed by atoms with Crippen molar-refractivity contribution in [1.29, 1.82) is 0 Å². The van der Waals surface area contributed by atoms with Crippen molar-refractivity contribution in [3.8, 4) is 0 Å². The van der Waals surface area contributed by atoms with E-state index in [-0.39, 0.29) is 5.91 Å². The van der Waals surface area contributed by atoms with Crippen LogP contribution in [0.2, 0.25) is 0 Å². The van der Waals surface area contributed by atoms with Crippen molar-refractivity contribution in [3.63, 3.8) is 0 Å². The number of carbonyl (C=O) groups is 3. The Morgan fingerprint density at radius 1 is 0.838 bits per heavy atom. The van der Waals surface area contributed by atoms with E-state index in [1.54, 1.807) is 24.8 Å². The number of pyridine rings is 1. The molecule has 4 rings (SSSR count). The molecule has 2 N–H and O–H groups in total. The lowest BCUT2D eigenvalue weighted by Crippen LogP contribution is -2.33. The molecule has 0 unspecified atom stereocenters. The monoisotopic (exact) mass is 537 g/mol. The average molecular weight is 537 g/mol. The molecular formula is C21H21F6N5O5. The van der Waals surface area contributed by atoms with Gasteiger partial charge in [0.05, 0.1) is 6.20 Å². The maximum Gasteiger partial charge on any atom is 0.490 e. The molecule has 2 atom stereocenters. The van der Waals surface area contributed by atoms with Gasteiger partial charge in [-0.1, -0.05) is 6.07 Å². The third kappa shape index (κ3) is 9.29. The van der Waals surface area contributed by atoms with E-state index < -0.39 is 24.3 Å². The van der Waals surface area contributed by atoms with Gasteiger partial charge in [-0.25, -0.2) is 14.6 Å². The Balaban J connectivity index is 0.000000286. The fourth-order valence-corrected chi connectivity index (χ4v) is 3.71. The molecule has 0 radical (unpaired) electrons. The second kappa shape index (κ2) is 12.4. The Morgan fingerprint density at radius 3 is 1.76 bits per heavy atom. The van der Waals surface area contributed by atoms with Gasteiger partial charge in [0, 0.05) is 57.5 Å². The topological polar surface area (TPSA) is 137 Å². The molecule has 2 saturated heterocycles. The van der Waals surface area contributed by atoms with Crippen LogP contribution in [0.25, 0.3) is 0 Å². The maximum atomic E-state index is 12.5. The summed E-state index contributed by atoms with van der Waals surface area (Å²) in [5.41, 5.74) is 1.69. The Kier molecular flexibility index (Phi) is 9.88. The molecule has 2 aliphatic rings. The average Bonchev–Trinajstić information content (AvgIpc) is 3.38. The number of carbonyl (C=O) groups excluding carboxylic acids is 1. The SMILES string of the molecule is O=C(O)C(F)(F)F.O=C(O)C(F)(F)F.O=C(c1cnccn1)N1C[C@H]2CN(Cc3cccnc3)C[C@H]2C1. The number of carboxylic acids is 2. The van der Waals surface area contributed by atoms with Gasteiger partial charge in [-0.2, -0.15) is 26.3 Å². The van der Waals surface area contributed by atoms with Gasteiger partial charge in [-0.05, 0) is 23.5 Å². The minimum Gasteiger partial charge on any atom is -0.475 e. The lowest BCUT2D eigenvalue weighted by Gasteiger charge is -2.21. The Hall–Kier alpha value is -3.82. The van der Waals surface area contributed by atoms with E-state index in [9.17, 15) is 31.1 Å². The van der Waals surface area contributed by atoms with E-state index in [1.165, 1.54) is 5.56 Å². The third-order valence-electron chi connectivity index (χ3n) is 5.25. The van der Waals surface area contributed by atoms with E-state index >= 15 is 0 Å². The van der Waals surface area contributed by atoms with Crippen molar-refractivity contribution >= 4 is 17.8 Å². The van der Waals surface area contributed by atoms with E-state index in [1.807, 2.05) is 17.2 Å². The molecule has 202 valence electrons. The van der Waals surface area contributed by atoms with Gasteiger partial charge in [0.2, 0.25) is 0 Å². The van der Waals surface area contributed by atoms with Crippen LogP contribution in [0.5, 0.6) is 0 Å². The van der Waals surface area contributed by atoms with Gasteiger partial charge in [0.25, 0.3) is 5.91 Å². The molecule has 2 aromatic rings. The highest BCUT2D eigenvalue weighted by Crippen LogP contribution is 2.32. The number of halogens is 6. The number of nitrogens with zero attached hydrogens (tertiary/aromatic N) is 5. The molecule has 1 amide bonds. The molecule has 2 aliphatic heterocycles. The van der Waals surface area contributed by atoms with Crippen LogP contribution in [0.15, 0.2) is 43.1 Å². The summed E-state index contributed by atoms with van der Waals surface area (Å²) in [6.07, 6.45) is -1.73. The highest BCUT2D eigenvalue weighted by Gasteiger charge is 2.42. The quantitative estimate of drug-likeness (QED) is 0.566. The Labute approximate surface area is 205 Å². The van der Waals surface area contributed by atoms with E-state index in [0.29, 0.717) is 17.5 Å². The largest absolute Gasteiger partial charge is 0.490 e. The predicted molar refractivity (Wildman–Crippen MR) is 112 cm³/mol. The van der Waals surface area contributed by atoms with E-state index in [2.05, 4.69) is 25.9 Å². The number of aromatic nitrogens is 3. The molecule has 16 heteroatoms. The van der Waals surface area contributed by atoms with Crippen LogP contribution in [-0.2, 0) is 16.1 Å². The highest BCUT2D eigenvalue weighted by molar-refractivity contribution is 5.92. The van der Waals surface area contributed by atoms with Crippen molar-refractivity contribution in [1.82, 2.24) is 24.8 Å². The minimum absolute atomic E-state index is 0.00584. The van der Waals surface area contributed by atoms with Crippen LogP contribution >= 0.6 is 0 Å². The zero-order valence-electron chi connectivity index (χ0n) is 18.9. The standard InChI is InChI=1S/C17H19N5O.2C2HF3O2/c23-17(16-7-19-4-5-20-16)22-11-14-9-21(10-15(14)12-22)8-13-2-1-3-18-6-13;2*3-2(4,5)1(6)7/h1-7,14-15H,8-12H2;2*(H,6,7)/t14-,15+;;. The maximum absolute atomic E-state index is 12.5. The number of aliphatic carboxylic acids is 2. The molecule has 10 nitrogen and oxygen atoms in total. The molecule has 0 saturated carbocycles. The summed E-state index contributed by atoms with van der Waals surface area (Å²) in [4.78, 5) is 46.9. The zero-order chi connectivity index (χ0) is 27.8.